The molecule has 0 aliphatic carbocycles. The van der Waals surface area contributed by atoms with Crippen LogP contribution in [0.5, 0.6) is 0 Å². The minimum absolute atomic E-state index is 0.778. The highest BCUT2D eigenvalue weighted by Crippen LogP contribution is 2.22. The molecule has 3 rings (SSSR count). The Morgan fingerprint density at radius 1 is 1.22 bits per heavy atom. The van der Waals surface area contributed by atoms with Gasteiger partial charge in [-0.05, 0) is 30.5 Å². The first-order chi connectivity index (χ1) is 8.83. The third-order valence-electron chi connectivity index (χ3n) is 3.58. The van der Waals surface area contributed by atoms with Crippen LogP contribution < -0.4 is 5.43 Å². The van der Waals surface area contributed by atoms with Crippen molar-refractivity contribution in [2.24, 2.45) is 0 Å². The van der Waals surface area contributed by atoms with E-state index in [1.165, 1.54) is 30.2 Å². The van der Waals surface area contributed by atoms with Gasteiger partial charge in [0.05, 0.1) is 0 Å². The normalized spacial score (nSPS) is 17.4. The van der Waals surface area contributed by atoms with E-state index in [0.29, 0.717) is 0 Å². The predicted molar refractivity (Wildman–Crippen MR) is 75.6 cm³/mol. The molecule has 0 bridgehead atoms. The van der Waals surface area contributed by atoms with Crippen LogP contribution in [0.15, 0.2) is 24.4 Å². The molecule has 1 fully saturated rings. The first kappa shape index (κ1) is 12.0. The third kappa shape index (κ3) is 2.53. The van der Waals surface area contributed by atoms with E-state index < -0.39 is 0 Å². The standard InChI is InChI=1S/C14H18ClN3/c15-12-4-5-13-11(9-16-14(13)8-12)10-17-18-6-2-1-3-7-18/h4-5,8-9,16-17H,1-3,6-7,10H2. The average molecular weight is 264 g/mol. The van der Waals surface area contributed by atoms with Crippen molar-refractivity contribution < 1.29 is 0 Å². The lowest BCUT2D eigenvalue weighted by Gasteiger charge is -2.27. The lowest BCUT2D eigenvalue weighted by molar-refractivity contribution is 0.151. The fourth-order valence-electron chi connectivity index (χ4n) is 2.55. The summed E-state index contributed by atoms with van der Waals surface area (Å²) in [6, 6.07) is 6.00. The van der Waals surface area contributed by atoms with Crippen molar-refractivity contribution in [3.05, 3.63) is 35.0 Å². The van der Waals surface area contributed by atoms with Crippen LogP contribution in [0.1, 0.15) is 24.8 Å². The Morgan fingerprint density at radius 2 is 2.06 bits per heavy atom. The molecule has 1 aliphatic heterocycles. The fourth-order valence-corrected chi connectivity index (χ4v) is 2.73. The summed E-state index contributed by atoms with van der Waals surface area (Å²) in [5.41, 5.74) is 5.92. The zero-order chi connectivity index (χ0) is 12.4. The molecule has 3 nitrogen and oxygen atoms in total. The maximum Gasteiger partial charge on any atom is 0.0472 e. The number of hydrogen-bond donors (Lipinski definition) is 2. The molecule has 18 heavy (non-hydrogen) atoms. The lowest BCUT2D eigenvalue weighted by Crippen LogP contribution is -2.41. The summed E-state index contributed by atoms with van der Waals surface area (Å²) >= 11 is 5.98. The summed E-state index contributed by atoms with van der Waals surface area (Å²) in [5, 5.41) is 4.36. The Kier molecular flexibility index (Phi) is 3.55. The monoisotopic (exact) mass is 263 g/mol. The van der Waals surface area contributed by atoms with E-state index in [1.54, 1.807) is 0 Å². The van der Waals surface area contributed by atoms with Crippen molar-refractivity contribution in [3.8, 4) is 0 Å². The van der Waals surface area contributed by atoms with Gasteiger partial charge in [0.2, 0.25) is 0 Å². The molecule has 0 amide bonds. The smallest absolute Gasteiger partial charge is 0.0472 e. The lowest BCUT2D eigenvalue weighted by atomic mass is 10.1. The van der Waals surface area contributed by atoms with Crippen molar-refractivity contribution in [3.63, 3.8) is 0 Å². The molecule has 2 N–H and O–H groups in total. The van der Waals surface area contributed by atoms with Gasteiger partial charge in [0.15, 0.2) is 0 Å². The van der Waals surface area contributed by atoms with Gasteiger partial charge in [0.1, 0.15) is 0 Å². The molecular formula is C14H18ClN3. The van der Waals surface area contributed by atoms with E-state index in [1.807, 2.05) is 12.1 Å². The minimum atomic E-state index is 0.778. The Bertz CT molecular complexity index is 529. The first-order valence-corrected chi connectivity index (χ1v) is 6.95. The molecule has 1 aliphatic rings. The largest absolute Gasteiger partial charge is 0.361 e. The number of nitrogens with zero attached hydrogens (tertiary/aromatic N) is 1. The van der Waals surface area contributed by atoms with Crippen LogP contribution in [0.25, 0.3) is 10.9 Å². The first-order valence-electron chi connectivity index (χ1n) is 6.57. The van der Waals surface area contributed by atoms with E-state index in [0.717, 1.165) is 30.2 Å². The topological polar surface area (TPSA) is 31.1 Å². The van der Waals surface area contributed by atoms with E-state index in [2.05, 4.69) is 27.7 Å². The molecule has 0 radical (unpaired) electrons. The van der Waals surface area contributed by atoms with Crippen LogP contribution in [-0.4, -0.2) is 23.1 Å². The number of aromatic amines is 1. The molecule has 0 saturated carbocycles. The van der Waals surface area contributed by atoms with Gasteiger partial charge in [0.25, 0.3) is 0 Å². The maximum absolute atomic E-state index is 5.98. The Morgan fingerprint density at radius 3 is 2.89 bits per heavy atom. The molecule has 0 unspecified atom stereocenters. The molecule has 1 aromatic heterocycles. The molecule has 1 aromatic carbocycles. The SMILES string of the molecule is Clc1ccc2c(CNN3CCCCC3)c[nH]c2c1. The van der Waals surface area contributed by atoms with Crippen LogP contribution in [0, 0.1) is 0 Å². The number of piperidine rings is 1. The van der Waals surface area contributed by atoms with Crippen LogP contribution in [-0.2, 0) is 6.54 Å². The van der Waals surface area contributed by atoms with Crippen molar-refractivity contribution in [2.45, 2.75) is 25.8 Å². The number of aromatic nitrogens is 1. The molecule has 4 heteroatoms. The van der Waals surface area contributed by atoms with Crippen LogP contribution in [0.2, 0.25) is 5.02 Å². The Balaban J connectivity index is 1.70. The van der Waals surface area contributed by atoms with Gasteiger partial charge in [0, 0.05) is 41.8 Å². The Hall–Kier alpha value is -1.03. The second kappa shape index (κ2) is 5.31. The molecule has 1 saturated heterocycles. The fraction of sp³-hybridized carbons (Fsp3) is 0.429. The minimum Gasteiger partial charge on any atom is -0.361 e. The van der Waals surface area contributed by atoms with E-state index in [9.17, 15) is 0 Å². The number of halogens is 1. The van der Waals surface area contributed by atoms with Crippen molar-refractivity contribution in [1.82, 2.24) is 15.4 Å². The summed E-state index contributed by atoms with van der Waals surface area (Å²) in [7, 11) is 0. The zero-order valence-electron chi connectivity index (χ0n) is 10.4. The maximum atomic E-state index is 5.98. The highest BCUT2D eigenvalue weighted by Gasteiger charge is 2.10. The van der Waals surface area contributed by atoms with Crippen molar-refractivity contribution >= 4 is 22.5 Å². The second-order valence-electron chi connectivity index (χ2n) is 4.89. The number of hydrogen-bond acceptors (Lipinski definition) is 2. The van der Waals surface area contributed by atoms with E-state index in [-0.39, 0.29) is 0 Å². The molecule has 0 spiro atoms. The summed E-state index contributed by atoms with van der Waals surface area (Å²) in [6.07, 6.45) is 6.04. The predicted octanol–water partition coefficient (Wildman–Crippen LogP) is 3.31. The molecule has 2 aromatic rings. The molecule has 2 heterocycles. The average Bonchev–Trinajstić information content (AvgIpc) is 2.80. The van der Waals surface area contributed by atoms with Gasteiger partial charge in [-0.25, -0.2) is 5.01 Å². The second-order valence-corrected chi connectivity index (χ2v) is 5.32. The van der Waals surface area contributed by atoms with Crippen molar-refractivity contribution in [2.75, 3.05) is 13.1 Å². The molecular weight excluding hydrogens is 246 g/mol. The van der Waals surface area contributed by atoms with Gasteiger partial charge in [-0.3, -0.25) is 5.43 Å². The summed E-state index contributed by atoms with van der Waals surface area (Å²) in [6.45, 7) is 3.20. The number of hydrazine groups is 1. The van der Waals surface area contributed by atoms with Gasteiger partial charge in [-0.15, -0.1) is 0 Å². The molecule has 96 valence electrons. The van der Waals surface area contributed by atoms with E-state index in [4.69, 9.17) is 11.6 Å². The van der Waals surface area contributed by atoms with Crippen LogP contribution in [0.3, 0.4) is 0 Å². The zero-order valence-corrected chi connectivity index (χ0v) is 11.1. The number of H-pyrrole nitrogens is 1. The number of benzene rings is 1. The van der Waals surface area contributed by atoms with Gasteiger partial charge >= 0.3 is 0 Å². The van der Waals surface area contributed by atoms with Crippen molar-refractivity contribution in [1.29, 1.82) is 0 Å². The number of nitrogens with one attached hydrogen (secondary N) is 2. The Labute approximate surface area is 112 Å². The summed E-state index contributed by atoms with van der Waals surface area (Å²) < 4.78 is 0. The number of fused-ring (bicyclic) bond motifs is 1. The van der Waals surface area contributed by atoms with E-state index >= 15 is 0 Å². The van der Waals surface area contributed by atoms with Gasteiger partial charge in [-0.2, -0.15) is 0 Å². The van der Waals surface area contributed by atoms with Crippen LogP contribution >= 0.6 is 11.6 Å². The van der Waals surface area contributed by atoms with Gasteiger partial charge in [-0.1, -0.05) is 24.1 Å². The molecule has 0 atom stereocenters. The highest BCUT2D eigenvalue weighted by atomic mass is 35.5. The third-order valence-corrected chi connectivity index (χ3v) is 3.81. The van der Waals surface area contributed by atoms with Gasteiger partial charge < -0.3 is 4.98 Å². The summed E-state index contributed by atoms with van der Waals surface area (Å²) in [5.74, 6) is 0. The van der Waals surface area contributed by atoms with Crippen LogP contribution in [0.4, 0.5) is 0 Å². The highest BCUT2D eigenvalue weighted by molar-refractivity contribution is 6.31. The quantitative estimate of drug-likeness (QED) is 0.890. The summed E-state index contributed by atoms with van der Waals surface area (Å²) in [4.78, 5) is 3.27. The number of rotatable bonds is 3.